The molecule has 0 fully saturated rings. The zero-order valence-electron chi connectivity index (χ0n) is 8.73. The third-order valence-corrected chi connectivity index (χ3v) is 2.99. The predicted molar refractivity (Wildman–Crippen MR) is 66.4 cm³/mol. The highest BCUT2D eigenvalue weighted by Gasteiger charge is 2.11. The minimum Gasteiger partial charge on any atom is -0.466 e. The average Bonchev–Trinajstić information content (AvgIpc) is 2.22. The Kier molecular flexibility index (Phi) is 5.39. The molecule has 16 heavy (non-hydrogen) atoms. The van der Waals surface area contributed by atoms with Crippen LogP contribution in [0.15, 0.2) is 12.1 Å². The standard InChI is InChI=1S/C11H11Cl3O2/c1-2-16-11(15)4-7-3-8(6-12)10(14)5-9(7)13/h3,5H,2,4,6H2,1H3. The number of carbonyl (C=O) groups excluding carboxylic acids is 1. The molecule has 0 aliphatic heterocycles. The van der Waals surface area contributed by atoms with Gasteiger partial charge in [-0.25, -0.2) is 0 Å². The summed E-state index contributed by atoms with van der Waals surface area (Å²) >= 11 is 17.6. The summed E-state index contributed by atoms with van der Waals surface area (Å²) in [7, 11) is 0. The van der Waals surface area contributed by atoms with E-state index in [0.29, 0.717) is 22.2 Å². The van der Waals surface area contributed by atoms with Crippen molar-refractivity contribution in [2.75, 3.05) is 6.61 Å². The molecule has 0 bridgehead atoms. The van der Waals surface area contributed by atoms with Crippen molar-refractivity contribution in [3.63, 3.8) is 0 Å². The second-order valence-electron chi connectivity index (χ2n) is 3.15. The normalized spacial score (nSPS) is 10.2. The second kappa shape index (κ2) is 6.33. The molecule has 0 atom stereocenters. The Morgan fingerprint density at radius 3 is 2.44 bits per heavy atom. The summed E-state index contributed by atoms with van der Waals surface area (Å²) in [5.41, 5.74) is 1.44. The lowest BCUT2D eigenvalue weighted by atomic mass is 10.1. The Morgan fingerprint density at radius 1 is 1.25 bits per heavy atom. The van der Waals surface area contributed by atoms with Crippen LogP contribution in [0.3, 0.4) is 0 Å². The highest BCUT2D eigenvalue weighted by Crippen LogP contribution is 2.27. The lowest BCUT2D eigenvalue weighted by molar-refractivity contribution is -0.142. The maximum Gasteiger partial charge on any atom is 0.310 e. The third kappa shape index (κ3) is 3.55. The molecule has 0 saturated heterocycles. The summed E-state index contributed by atoms with van der Waals surface area (Å²) in [6.45, 7) is 2.11. The van der Waals surface area contributed by atoms with Crippen molar-refractivity contribution in [1.82, 2.24) is 0 Å². The van der Waals surface area contributed by atoms with Crippen LogP contribution in [-0.2, 0) is 21.8 Å². The molecule has 1 aromatic rings. The molecule has 2 nitrogen and oxygen atoms in total. The van der Waals surface area contributed by atoms with Crippen LogP contribution in [0.2, 0.25) is 10.0 Å². The van der Waals surface area contributed by atoms with Gasteiger partial charge in [-0.15, -0.1) is 11.6 Å². The Morgan fingerprint density at radius 2 is 1.88 bits per heavy atom. The van der Waals surface area contributed by atoms with Gasteiger partial charge in [-0.2, -0.15) is 0 Å². The van der Waals surface area contributed by atoms with Gasteiger partial charge in [0, 0.05) is 15.9 Å². The minimum atomic E-state index is -0.313. The number of carbonyl (C=O) groups is 1. The lowest BCUT2D eigenvalue weighted by Gasteiger charge is -2.07. The molecule has 0 heterocycles. The zero-order chi connectivity index (χ0) is 12.1. The average molecular weight is 282 g/mol. The quantitative estimate of drug-likeness (QED) is 0.619. The maximum atomic E-state index is 11.3. The van der Waals surface area contributed by atoms with E-state index in [0.717, 1.165) is 5.56 Å². The van der Waals surface area contributed by atoms with Gasteiger partial charge in [0.25, 0.3) is 0 Å². The molecule has 1 aromatic carbocycles. The van der Waals surface area contributed by atoms with E-state index in [1.54, 1.807) is 19.1 Å². The first kappa shape index (κ1) is 13.6. The van der Waals surface area contributed by atoms with E-state index in [1.165, 1.54) is 0 Å². The van der Waals surface area contributed by atoms with E-state index in [9.17, 15) is 4.79 Å². The minimum absolute atomic E-state index is 0.133. The van der Waals surface area contributed by atoms with Gasteiger partial charge >= 0.3 is 5.97 Å². The molecular weight excluding hydrogens is 270 g/mol. The third-order valence-electron chi connectivity index (χ3n) is 2.00. The Balaban J connectivity index is 2.91. The lowest BCUT2D eigenvalue weighted by Crippen LogP contribution is -2.08. The molecule has 0 N–H and O–H groups in total. The van der Waals surface area contributed by atoms with E-state index >= 15 is 0 Å². The van der Waals surface area contributed by atoms with E-state index in [-0.39, 0.29) is 18.3 Å². The Labute approximate surface area is 109 Å². The molecule has 1 rings (SSSR count). The van der Waals surface area contributed by atoms with Gasteiger partial charge in [0.2, 0.25) is 0 Å². The highest BCUT2D eigenvalue weighted by atomic mass is 35.5. The van der Waals surface area contributed by atoms with Crippen LogP contribution in [-0.4, -0.2) is 12.6 Å². The summed E-state index contributed by atoms with van der Waals surface area (Å²) in [6.07, 6.45) is 0.133. The van der Waals surface area contributed by atoms with Crippen LogP contribution in [0.1, 0.15) is 18.1 Å². The zero-order valence-corrected chi connectivity index (χ0v) is 11.0. The molecular formula is C11H11Cl3O2. The second-order valence-corrected chi connectivity index (χ2v) is 4.23. The fraction of sp³-hybridized carbons (Fsp3) is 0.364. The van der Waals surface area contributed by atoms with Crippen LogP contribution in [0.25, 0.3) is 0 Å². The number of esters is 1. The van der Waals surface area contributed by atoms with Crippen molar-refractivity contribution in [3.05, 3.63) is 33.3 Å². The van der Waals surface area contributed by atoms with Gasteiger partial charge in [-0.1, -0.05) is 29.3 Å². The van der Waals surface area contributed by atoms with Gasteiger partial charge in [-0.05, 0) is 24.1 Å². The molecule has 0 spiro atoms. The van der Waals surface area contributed by atoms with E-state index in [1.807, 2.05) is 0 Å². The first-order valence-corrected chi connectivity index (χ1v) is 6.06. The van der Waals surface area contributed by atoms with E-state index < -0.39 is 0 Å². The Hall–Kier alpha value is -0.440. The topological polar surface area (TPSA) is 26.3 Å². The number of hydrogen-bond donors (Lipinski definition) is 0. The molecule has 88 valence electrons. The van der Waals surface area contributed by atoms with Crippen LogP contribution < -0.4 is 0 Å². The number of hydrogen-bond acceptors (Lipinski definition) is 2. The van der Waals surface area contributed by atoms with Gasteiger partial charge in [0.05, 0.1) is 13.0 Å². The largest absolute Gasteiger partial charge is 0.466 e. The van der Waals surface area contributed by atoms with Crippen molar-refractivity contribution in [2.24, 2.45) is 0 Å². The van der Waals surface area contributed by atoms with Crippen molar-refractivity contribution in [3.8, 4) is 0 Å². The fourth-order valence-electron chi connectivity index (χ4n) is 1.25. The van der Waals surface area contributed by atoms with Gasteiger partial charge in [0.15, 0.2) is 0 Å². The molecule has 0 saturated carbocycles. The smallest absolute Gasteiger partial charge is 0.310 e. The van der Waals surface area contributed by atoms with Crippen LogP contribution in [0, 0.1) is 0 Å². The highest BCUT2D eigenvalue weighted by molar-refractivity contribution is 6.36. The molecule has 0 amide bonds. The summed E-state index contributed by atoms with van der Waals surface area (Å²) in [6, 6.07) is 3.32. The van der Waals surface area contributed by atoms with Crippen LogP contribution in [0.5, 0.6) is 0 Å². The first-order chi connectivity index (χ1) is 7.58. The molecule has 0 aliphatic rings. The summed E-state index contributed by atoms with van der Waals surface area (Å²) in [5, 5.41) is 0.958. The Bertz CT molecular complexity index is 391. The van der Waals surface area contributed by atoms with Gasteiger partial charge in [-0.3, -0.25) is 4.79 Å². The summed E-state index contributed by atoms with van der Waals surface area (Å²) in [5.74, 6) is -0.0292. The molecule has 0 aliphatic carbocycles. The summed E-state index contributed by atoms with van der Waals surface area (Å²) in [4.78, 5) is 11.3. The van der Waals surface area contributed by atoms with Crippen molar-refractivity contribution >= 4 is 40.8 Å². The predicted octanol–water partition coefficient (Wildman–Crippen LogP) is 3.84. The fourth-order valence-corrected chi connectivity index (χ4v) is 2.06. The molecule has 5 heteroatoms. The number of halogens is 3. The number of benzene rings is 1. The SMILES string of the molecule is CCOC(=O)Cc1cc(CCl)c(Cl)cc1Cl. The van der Waals surface area contributed by atoms with Crippen molar-refractivity contribution in [2.45, 2.75) is 19.2 Å². The molecule has 0 radical (unpaired) electrons. The molecule has 0 aromatic heterocycles. The van der Waals surface area contributed by atoms with E-state index in [4.69, 9.17) is 39.5 Å². The maximum absolute atomic E-state index is 11.3. The first-order valence-electron chi connectivity index (χ1n) is 4.76. The monoisotopic (exact) mass is 280 g/mol. The number of ether oxygens (including phenoxy) is 1. The molecule has 0 unspecified atom stereocenters. The van der Waals surface area contributed by atoms with Gasteiger partial charge < -0.3 is 4.74 Å². The number of alkyl halides is 1. The van der Waals surface area contributed by atoms with E-state index in [2.05, 4.69) is 0 Å². The summed E-state index contributed by atoms with van der Waals surface area (Å²) < 4.78 is 4.84. The van der Waals surface area contributed by atoms with Crippen LogP contribution in [0.4, 0.5) is 0 Å². The number of rotatable bonds is 4. The van der Waals surface area contributed by atoms with Crippen LogP contribution >= 0.6 is 34.8 Å². The van der Waals surface area contributed by atoms with Crippen molar-refractivity contribution in [1.29, 1.82) is 0 Å². The van der Waals surface area contributed by atoms with Crippen molar-refractivity contribution < 1.29 is 9.53 Å². The van der Waals surface area contributed by atoms with Gasteiger partial charge in [0.1, 0.15) is 0 Å².